The molecule has 1 fully saturated rings. The molecule has 0 radical (unpaired) electrons. The van der Waals surface area contributed by atoms with E-state index in [1.807, 2.05) is 13.0 Å². The normalized spacial score (nSPS) is 25.7. The molecule has 5 rings (SSSR count). The van der Waals surface area contributed by atoms with Gasteiger partial charge in [0.25, 0.3) is 0 Å². The first-order valence-corrected chi connectivity index (χ1v) is 16.1. The molecule has 0 saturated carbocycles. The maximum atomic E-state index is 14.0. The monoisotopic (exact) mass is 599 g/mol. The smallest absolute Gasteiger partial charge is 0.339 e. The Kier molecular flexibility index (Phi) is 9.45. The van der Waals surface area contributed by atoms with Gasteiger partial charge in [0, 0.05) is 12.5 Å². The summed E-state index contributed by atoms with van der Waals surface area (Å²) in [7, 11) is 0. The molecule has 1 aromatic rings. The Morgan fingerprint density at radius 1 is 1.07 bits per heavy atom. The van der Waals surface area contributed by atoms with E-state index >= 15 is 0 Å². The molecular formula is C34H49NO8. The van der Waals surface area contributed by atoms with E-state index < -0.39 is 35.7 Å². The van der Waals surface area contributed by atoms with Gasteiger partial charge >= 0.3 is 11.9 Å². The van der Waals surface area contributed by atoms with Gasteiger partial charge in [-0.25, -0.2) is 4.79 Å². The van der Waals surface area contributed by atoms with Gasteiger partial charge in [0.2, 0.25) is 6.79 Å². The highest BCUT2D eigenvalue weighted by molar-refractivity contribution is 5.86. The molecule has 1 saturated heterocycles. The summed E-state index contributed by atoms with van der Waals surface area (Å²) < 4.78 is 23.2. The van der Waals surface area contributed by atoms with Gasteiger partial charge < -0.3 is 29.2 Å². The lowest BCUT2D eigenvalue weighted by Crippen LogP contribution is -2.49. The minimum absolute atomic E-state index is 0.0204. The molecule has 0 bridgehead atoms. The molecule has 4 aliphatic rings. The van der Waals surface area contributed by atoms with Crippen molar-refractivity contribution in [2.24, 2.45) is 0 Å². The van der Waals surface area contributed by atoms with Crippen molar-refractivity contribution in [1.82, 2.24) is 4.90 Å². The Morgan fingerprint density at radius 2 is 1.84 bits per heavy atom. The van der Waals surface area contributed by atoms with E-state index in [1.54, 1.807) is 13.8 Å². The van der Waals surface area contributed by atoms with Gasteiger partial charge in [0.1, 0.15) is 6.10 Å². The number of nitrogens with zero attached hydrogens (tertiary/aromatic N) is 1. The summed E-state index contributed by atoms with van der Waals surface area (Å²) in [5.74, 6) is -0.196. The van der Waals surface area contributed by atoms with Gasteiger partial charge in [-0.1, -0.05) is 32.3 Å². The predicted octanol–water partition coefficient (Wildman–Crippen LogP) is 4.95. The van der Waals surface area contributed by atoms with Crippen LogP contribution in [0.2, 0.25) is 0 Å². The number of hydrogen-bond acceptors (Lipinski definition) is 9. The predicted molar refractivity (Wildman–Crippen MR) is 161 cm³/mol. The molecule has 2 unspecified atom stereocenters. The number of hydrogen-bond donors (Lipinski definition) is 2. The summed E-state index contributed by atoms with van der Waals surface area (Å²) in [4.78, 5) is 29.4. The third-order valence-corrected chi connectivity index (χ3v) is 9.67. The molecule has 43 heavy (non-hydrogen) atoms. The number of fused-ring (bicyclic) bond motifs is 3. The van der Waals surface area contributed by atoms with Crippen LogP contribution in [0.5, 0.6) is 11.5 Å². The van der Waals surface area contributed by atoms with Crippen LogP contribution in [0.3, 0.4) is 0 Å². The van der Waals surface area contributed by atoms with E-state index in [-0.39, 0.29) is 31.3 Å². The third-order valence-electron chi connectivity index (χ3n) is 9.67. The molecule has 9 heteroatoms. The summed E-state index contributed by atoms with van der Waals surface area (Å²) in [5.41, 5.74) is -0.169. The first kappa shape index (κ1) is 31.8. The zero-order chi connectivity index (χ0) is 30.8. The van der Waals surface area contributed by atoms with Crippen molar-refractivity contribution in [3.05, 3.63) is 34.9 Å². The molecule has 3 heterocycles. The Hall–Kier alpha value is -2.62. The zero-order valence-corrected chi connectivity index (χ0v) is 26.3. The average Bonchev–Trinajstić information content (AvgIpc) is 3.61. The third kappa shape index (κ3) is 6.74. The lowest BCUT2D eigenvalue weighted by molar-refractivity contribution is -0.178. The summed E-state index contributed by atoms with van der Waals surface area (Å²) >= 11 is 0. The quantitative estimate of drug-likeness (QED) is 0.185. The molecule has 0 amide bonds. The summed E-state index contributed by atoms with van der Waals surface area (Å²) in [6.07, 6.45) is 8.51. The fourth-order valence-corrected chi connectivity index (χ4v) is 7.51. The van der Waals surface area contributed by atoms with Crippen molar-refractivity contribution >= 4 is 11.9 Å². The SMILES string of the molecule is CCCCCCOC(=O)CC(O)(CCCC(C)(C)O)C(=O)OC1C(C)=C[C@]23CCCN2CCc2cc4c(cc2[C@H]13)OCO4. The second-order valence-corrected chi connectivity index (χ2v) is 13.6. The number of carbonyl (C=O) groups is 2. The van der Waals surface area contributed by atoms with Gasteiger partial charge in [-0.05, 0) is 101 Å². The van der Waals surface area contributed by atoms with Gasteiger partial charge in [-0.15, -0.1) is 0 Å². The number of ether oxygens (including phenoxy) is 4. The molecule has 1 spiro atoms. The van der Waals surface area contributed by atoms with Crippen LogP contribution >= 0.6 is 0 Å². The number of unbranched alkanes of at least 4 members (excludes halogenated alkanes) is 3. The molecule has 1 aromatic carbocycles. The molecule has 4 atom stereocenters. The van der Waals surface area contributed by atoms with Crippen LogP contribution in [-0.2, 0) is 25.5 Å². The van der Waals surface area contributed by atoms with Crippen molar-refractivity contribution < 1.29 is 38.7 Å². The van der Waals surface area contributed by atoms with Crippen molar-refractivity contribution in [2.75, 3.05) is 26.5 Å². The highest BCUT2D eigenvalue weighted by Gasteiger charge is 2.57. The number of rotatable bonds is 13. The van der Waals surface area contributed by atoms with Gasteiger partial charge in [0.05, 0.1) is 24.2 Å². The van der Waals surface area contributed by atoms with E-state index in [4.69, 9.17) is 18.9 Å². The lowest BCUT2D eigenvalue weighted by atomic mass is 9.77. The number of benzene rings is 1. The van der Waals surface area contributed by atoms with E-state index in [9.17, 15) is 19.8 Å². The maximum Gasteiger partial charge on any atom is 0.339 e. The van der Waals surface area contributed by atoms with Gasteiger partial charge in [0.15, 0.2) is 17.1 Å². The Morgan fingerprint density at radius 3 is 2.58 bits per heavy atom. The summed E-state index contributed by atoms with van der Waals surface area (Å²) in [6, 6.07) is 4.11. The van der Waals surface area contributed by atoms with Crippen LogP contribution in [0, 0.1) is 0 Å². The topological polar surface area (TPSA) is 115 Å². The lowest BCUT2D eigenvalue weighted by Gasteiger charge is -2.40. The Bertz CT molecular complexity index is 1220. The molecule has 2 N–H and O–H groups in total. The molecule has 0 aromatic heterocycles. The average molecular weight is 600 g/mol. The van der Waals surface area contributed by atoms with Crippen LogP contribution in [0.25, 0.3) is 0 Å². The highest BCUT2D eigenvalue weighted by Crippen LogP contribution is 2.55. The molecule has 9 nitrogen and oxygen atoms in total. The Labute approximate surface area is 255 Å². The number of carbonyl (C=O) groups excluding carboxylic acids is 2. The van der Waals surface area contributed by atoms with Crippen molar-refractivity contribution in [3.8, 4) is 11.5 Å². The molecule has 1 aliphatic carbocycles. The fourth-order valence-electron chi connectivity index (χ4n) is 7.51. The van der Waals surface area contributed by atoms with Crippen molar-refractivity contribution in [3.63, 3.8) is 0 Å². The van der Waals surface area contributed by atoms with E-state index in [0.29, 0.717) is 18.6 Å². The van der Waals surface area contributed by atoms with Crippen LogP contribution in [0.1, 0.15) is 109 Å². The zero-order valence-electron chi connectivity index (χ0n) is 26.3. The van der Waals surface area contributed by atoms with E-state index in [2.05, 4.69) is 24.0 Å². The summed E-state index contributed by atoms with van der Waals surface area (Å²) in [5, 5.41) is 22.0. The second-order valence-electron chi connectivity index (χ2n) is 13.6. The van der Waals surface area contributed by atoms with Crippen molar-refractivity contribution in [2.45, 2.75) is 127 Å². The van der Waals surface area contributed by atoms with Crippen molar-refractivity contribution in [1.29, 1.82) is 0 Å². The van der Waals surface area contributed by atoms with E-state index in [0.717, 1.165) is 80.5 Å². The first-order chi connectivity index (χ1) is 20.5. The van der Waals surface area contributed by atoms with E-state index in [1.165, 1.54) is 0 Å². The molecular weight excluding hydrogens is 550 g/mol. The van der Waals surface area contributed by atoms with Crippen LogP contribution in [0.15, 0.2) is 23.8 Å². The maximum absolute atomic E-state index is 14.0. The number of esters is 2. The largest absolute Gasteiger partial charge is 0.466 e. The minimum atomic E-state index is -2.07. The second kappa shape index (κ2) is 12.8. The van der Waals surface area contributed by atoms with Crippen LogP contribution in [0.4, 0.5) is 0 Å². The van der Waals surface area contributed by atoms with Gasteiger partial charge in [-0.2, -0.15) is 0 Å². The number of aliphatic hydroxyl groups is 2. The minimum Gasteiger partial charge on any atom is -0.466 e. The highest BCUT2D eigenvalue weighted by atomic mass is 16.7. The van der Waals surface area contributed by atoms with Crippen LogP contribution in [-0.4, -0.2) is 76.4 Å². The molecule has 3 aliphatic heterocycles. The van der Waals surface area contributed by atoms with Gasteiger partial charge in [-0.3, -0.25) is 9.69 Å². The summed E-state index contributed by atoms with van der Waals surface area (Å²) in [6.45, 7) is 9.76. The fraction of sp³-hybridized carbons (Fsp3) is 0.706. The van der Waals surface area contributed by atoms with Crippen LogP contribution < -0.4 is 9.47 Å². The Balaban J connectivity index is 1.40. The molecule has 238 valence electrons. The first-order valence-electron chi connectivity index (χ1n) is 16.1. The standard InChI is InChI=1S/C34H49NO8/c1-5-6-7-8-17-40-28(36)21-34(39,14-9-12-32(3,4)38)31(37)43-30-23(2)20-33-13-10-15-35(33)16-11-24-18-26-27(42-22-41-26)19-25(24)29(30)33/h18-20,29-30,38-39H,5-17,21-22H2,1-4H3/t29-,30?,33+,34?/m1/s1.